The Labute approximate surface area is 274 Å². The smallest absolute Gasteiger partial charge is 0.344 e. The molecule has 6 nitrogen and oxygen atoms in total. The summed E-state index contributed by atoms with van der Waals surface area (Å²) in [7, 11) is 0. The average Bonchev–Trinajstić information content (AvgIpc) is 3.56. The van der Waals surface area contributed by atoms with E-state index in [9.17, 15) is 9.90 Å². The molecule has 4 aromatic carbocycles. The molecule has 0 saturated heterocycles. The third-order valence-electron chi connectivity index (χ3n) is 8.11. The number of hydrogen-bond donors (Lipinski definition) is 1. The summed E-state index contributed by atoms with van der Waals surface area (Å²) in [6, 6.07) is 36.8. The zero-order chi connectivity index (χ0) is 32.7. The molecule has 0 saturated carbocycles. The second-order valence-corrected chi connectivity index (χ2v) is 11.9. The molecular formula is C40H48N2O4. The molecule has 3 atom stereocenters. The minimum absolute atomic E-state index is 0.0197. The molecule has 4 aromatic rings. The van der Waals surface area contributed by atoms with Crippen molar-refractivity contribution in [1.82, 2.24) is 0 Å². The van der Waals surface area contributed by atoms with E-state index in [-0.39, 0.29) is 19.3 Å². The van der Waals surface area contributed by atoms with Gasteiger partial charge in [-0.25, -0.2) is 4.79 Å². The zero-order valence-corrected chi connectivity index (χ0v) is 27.6. The van der Waals surface area contributed by atoms with Gasteiger partial charge < -0.3 is 14.6 Å². The Morgan fingerprint density at radius 2 is 1.46 bits per heavy atom. The minimum Gasteiger partial charge on any atom is -0.482 e. The van der Waals surface area contributed by atoms with E-state index in [1.165, 1.54) is 36.8 Å². The summed E-state index contributed by atoms with van der Waals surface area (Å²) in [6.45, 7) is 8.15. The number of unbranched alkanes of at least 4 members (excludes halogenated alkanes) is 1. The van der Waals surface area contributed by atoms with Crippen LogP contribution in [0.1, 0.15) is 77.0 Å². The van der Waals surface area contributed by atoms with Gasteiger partial charge in [0, 0.05) is 6.42 Å². The van der Waals surface area contributed by atoms with E-state index in [1.807, 2.05) is 60.7 Å². The van der Waals surface area contributed by atoms with Crippen LogP contribution >= 0.6 is 0 Å². The number of ether oxygens (including phenoxy) is 2. The van der Waals surface area contributed by atoms with Crippen LogP contribution in [0.25, 0.3) is 11.1 Å². The first kappa shape index (κ1) is 34.5. The second kappa shape index (κ2) is 17.9. The molecule has 0 fully saturated rings. The van der Waals surface area contributed by atoms with Crippen LogP contribution in [-0.2, 0) is 9.53 Å². The number of aliphatic hydroxyl groups excluding tert-OH is 1. The fourth-order valence-electron chi connectivity index (χ4n) is 5.19. The highest BCUT2D eigenvalue weighted by Gasteiger charge is 2.30. The van der Waals surface area contributed by atoms with E-state index in [4.69, 9.17) is 14.6 Å². The van der Waals surface area contributed by atoms with E-state index in [0.29, 0.717) is 5.75 Å². The topological polar surface area (TPSA) is 71.4 Å². The van der Waals surface area contributed by atoms with Crippen molar-refractivity contribution < 1.29 is 19.4 Å². The number of hydrazone groups is 1. The summed E-state index contributed by atoms with van der Waals surface area (Å²) in [5, 5.41) is 16.4. The molecule has 6 heteroatoms. The first-order valence-corrected chi connectivity index (χ1v) is 16.5. The highest BCUT2D eigenvalue weighted by molar-refractivity contribution is 6.03. The van der Waals surface area contributed by atoms with Gasteiger partial charge in [0.15, 0.2) is 6.61 Å². The Bertz CT molecular complexity index is 1490. The lowest BCUT2D eigenvalue weighted by Crippen LogP contribution is -2.20. The largest absolute Gasteiger partial charge is 0.482 e. The van der Waals surface area contributed by atoms with Crippen LogP contribution in [0.3, 0.4) is 0 Å². The van der Waals surface area contributed by atoms with Crippen LogP contribution in [0, 0.1) is 5.92 Å². The lowest BCUT2D eigenvalue weighted by Gasteiger charge is -2.24. The van der Waals surface area contributed by atoms with Gasteiger partial charge in [0.25, 0.3) is 0 Å². The highest BCUT2D eigenvalue weighted by Crippen LogP contribution is 2.37. The van der Waals surface area contributed by atoms with Crippen LogP contribution < -0.4 is 9.75 Å². The van der Waals surface area contributed by atoms with E-state index >= 15 is 0 Å². The Balaban J connectivity index is 0.000000533. The number of anilines is 1. The lowest BCUT2D eigenvalue weighted by molar-refractivity contribution is -0.148. The summed E-state index contributed by atoms with van der Waals surface area (Å²) in [4.78, 5) is 11.8. The number of aliphatic hydroxyl groups is 1. The van der Waals surface area contributed by atoms with Crippen LogP contribution in [0.5, 0.6) is 5.75 Å². The fraction of sp³-hybridized carbons (Fsp3) is 0.350. The molecule has 1 heterocycles. The lowest BCUT2D eigenvalue weighted by atomic mass is 9.96. The molecule has 0 bridgehead atoms. The van der Waals surface area contributed by atoms with Crippen molar-refractivity contribution in [1.29, 1.82) is 0 Å². The van der Waals surface area contributed by atoms with E-state index < -0.39 is 12.1 Å². The molecule has 1 aliphatic rings. The Kier molecular flexibility index (Phi) is 13.4. The number of esters is 1. The van der Waals surface area contributed by atoms with Crippen molar-refractivity contribution >= 4 is 17.4 Å². The maximum atomic E-state index is 11.8. The fourth-order valence-corrected chi connectivity index (χ4v) is 5.19. The Morgan fingerprint density at radius 3 is 2.07 bits per heavy atom. The molecule has 242 valence electrons. The predicted molar refractivity (Wildman–Crippen MR) is 188 cm³/mol. The van der Waals surface area contributed by atoms with Gasteiger partial charge in [-0.2, -0.15) is 5.10 Å². The summed E-state index contributed by atoms with van der Waals surface area (Å²) in [5.74, 6) is 1.01. The standard InChI is InChI=1S/C32H30N2O4.C8H18/c1-23(35)21-38-32(36)22-37-29-18-16-27(17-19-29)31-20-30(33-34(31)28-10-6-3-7-11-28)26-14-12-25(13-15-26)24-8-4-2-5-9-24;1-4-6-7-8(3)5-2/h2-19,23,31,35H,20-22H2,1H3;8H,4-7H2,1-3H3. The van der Waals surface area contributed by atoms with E-state index in [0.717, 1.165) is 34.9 Å². The summed E-state index contributed by atoms with van der Waals surface area (Å²) in [6.07, 6.45) is 5.59. The monoisotopic (exact) mass is 620 g/mol. The van der Waals surface area contributed by atoms with Crippen LogP contribution in [-0.4, -0.2) is 36.1 Å². The maximum Gasteiger partial charge on any atom is 0.344 e. The van der Waals surface area contributed by atoms with Gasteiger partial charge >= 0.3 is 5.97 Å². The molecule has 46 heavy (non-hydrogen) atoms. The number of carbonyl (C=O) groups is 1. The normalized spacial score (nSPS) is 15.3. The van der Waals surface area contributed by atoms with Crippen molar-refractivity contribution in [3.63, 3.8) is 0 Å². The van der Waals surface area contributed by atoms with Gasteiger partial charge in [-0.1, -0.05) is 131 Å². The Morgan fingerprint density at radius 1 is 0.848 bits per heavy atom. The third kappa shape index (κ3) is 10.3. The molecule has 3 unspecified atom stereocenters. The van der Waals surface area contributed by atoms with Crippen molar-refractivity contribution in [2.75, 3.05) is 18.2 Å². The number of hydrogen-bond acceptors (Lipinski definition) is 6. The summed E-state index contributed by atoms with van der Waals surface area (Å²) >= 11 is 0. The summed E-state index contributed by atoms with van der Waals surface area (Å²) in [5.41, 5.74) is 6.61. The zero-order valence-electron chi connectivity index (χ0n) is 27.6. The Hall–Kier alpha value is -4.42. The molecule has 1 aliphatic heterocycles. The first-order valence-electron chi connectivity index (χ1n) is 16.5. The van der Waals surface area contributed by atoms with Gasteiger partial charge in [-0.05, 0) is 59.4 Å². The summed E-state index contributed by atoms with van der Waals surface area (Å²) < 4.78 is 10.5. The second-order valence-electron chi connectivity index (χ2n) is 11.9. The number of carbonyl (C=O) groups excluding carboxylic acids is 1. The number of para-hydroxylation sites is 1. The van der Waals surface area contributed by atoms with Crippen molar-refractivity contribution in [2.45, 2.75) is 71.9 Å². The van der Waals surface area contributed by atoms with E-state index in [2.05, 4.69) is 74.3 Å². The quantitative estimate of drug-likeness (QED) is 0.151. The molecule has 5 rings (SSSR count). The van der Waals surface area contributed by atoms with Gasteiger partial charge in [-0.15, -0.1) is 0 Å². The first-order chi connectivity index (χ1) is 22.4. The molecule has 0 aromatic heterocycles. The van der Waals surface area contributed by atoms with E-state index in [1.54, 1.807) is 6.92 Å². The van der Waals surface area contributed by atoms with Gasteiger partial charge in [0.2, 0.25) is 0 Å². The van der Waals surface area contributed by atoms with Crippen LogP contribution in [0.2, 0.25) is 0 Å². The number of nitrogens with zero attached hydrogens (tertiary/aromatic N) is 2. The molecule has 0 aliphatic carbocycles. The van der Waals surface area contributed by atoms with Crippen molar-refractivity contribution in [2.24, 2.45) is 11.0 Å². The van der Waals surface area contributed by atoms with Crippen LogP contribution in [0.4, 0.5) is 5.69 Å². The highest BCUT2D eigenvalue weighted by atomic mass is 16.6. The number of benzene rings is 4. The molecule has 0 spiro atoms. The van der Waals surface area contributed by atoms with Crippen molar-refractivity contribution in [3.05, 3.63) is 120 Å². The van der Waals surface area contributed by atoms with Gasteiger partial charge in [0.1, 0.15) is 12.4 Å². The third-order valence-corrected chi connectivity index (χ3v) is 8.11. The minimum atomic E-state index is -0.703. The molecule has 0 amide bonds. The molecule has 0 radical (unpaired) electrons. The van der Waals surface area contributed by atoms with Crippen molar-refractivity contribution in [3.8, 4) is 16.9 Å². The SMILES string of the molecule is CC(O)COC(=O)COc1ccc(C2CC(c3ccc(-c4ccccc4)cc3)=NN2c2ccccc2)cc1.CCCCC(C)CC. The van der Waals surface area contributed by atoms with Gasteiger partial charge in [-0.3, -0.25) is 5.01 Å². The maximum absolute atomic E-state index is 11.8. The van der Waals surface area contributed by atoms with Gasteiger partial charge in [0.05, 0.1) is 23.5 Å². The molecule has 1 N–H and O–H groups in total. The average molecular weight is 621 g/mol. The number of rotatable bonds is 13. The van der Waals surface area contributed by atoms with Crippen LogP contribution in [0.15, 0.2) is 114 Å². The molecular weight excluding hydrogens is 572 g/mol. The predicted octanol–water partition coefficient (Wildman–Crippen LogP) is 9.23.